The molecule has 3 rings (SSSR count). The van der Waals surface area contributed by atoms with Crippen LogP contribution in [-0.2, 0) is 4.74 Å². The largest absolute Gasteiger partial charge is 0.376 e. The Labute approximate surface area is 93.6 Å². The van der Waals surface area contributed by atoms with E-state index in [2.05, 4.69) is 21.7 Å². The Hall–Kier alpha value is -0.680. The van der Waals surface area contributed by atoms with Crippen molar-refractivity contribution in [1.29, 1.82) is 0 Å². The van der Waals surface area contributed by atoms with Gasteiger partial charge in [0.1, 0.15) is 5.82 Å². The standard InChI is InChI=1S/C10H15N3OS/c1-6-8(4-5-14-6)13-9(7-2-3-7)11-12-10(13)15/h6-8H,2-5H2,1H3,(H,12,15). The first-order chi connectivity index (χ1) is 7.27. The highest BCUT2D eigenvalue weighted by Gasteiger charge is 2.34. The van der Waals surface area contributed by atoms with Crippen LogP contribution in [0.2, 0.25) is 0 Å². The number of hydrogen-bond acceptors (Lipinski definition) is 3. The normalized spacial score (nSPS) is 31.0. The molecule has 15 heavy (non-hydrogen) atoms. The fourth-order valence-electron chi connectivity index (χ4n) is 2.33. The van der Waals surface area contributed by atoms with E-state index in [0.29, 0.717) is 12.0 Å². The summed E-state index contributed by atoms with van der Waals surface area (Å²) in [6.45, 7) is 2.95. The molecule has 0 radical (unpaired) electrons. The molecule has 1 saturated carbocycles. The Bertz CT molecular complexity index is 421. The maximum absolute atomic E-state index is 5.59. The molecule has 2 atom stereocenters. The minimum atomic E-state index is 0.256. The number of hydrogen-bond donors (Lipinski definition) is 1. The number of ether oxygens (including phenoxy) is 1. The number of nitrogens with zero attached hydrogens (tertiary/aromatic N) is 2. The molecule has 82 valence electrons. The van der Waals surface area contributed by atoms with Gasteiger partial charge in [0.2, 0.25) is 0 Å². The molecule has 2 fully saturated rings. The van der Waals surface area contributed by atoms with E-state index in [1.165, 1.54) is 12.8 Å². The van der Waals surface area contributed by atoms with Gasteiger partial charge in [-0.25, -0.2) is 0 Å². The van der Waals surface area contributed by atoms with Crippen molar-refractivity contribution in [3.8, 4) is 0 Å². The summed E-state index contributed by atoms with van der Waals surface area (Å²) in [5.74, 6) is 1.77. The second-order valence-corrected chi connectivity index (χ2v) is 4.85. The number of aromatic amines is 1. The lowest BCUT2D eigenvalue weighted by Gasteiger charge is -2.17. The van der Waals surface area contributed by atoms with Crippen molar-refractivity contribution in [2.24, 2.45) is 0 Å². The fraction of sp³-hybridized carbons (Fsp3) is 0.800. The molecule has 0 aromatic carbocycles. The first-order valence-corrected chi connectivity index (χ1v) is 5.96. The lowest BCUT2D eigenvalue weighted by Crippen LogP contribution is -2.19. The van der Waals surface area contributed by atoms with Crippen LogP contribution >= 0.6 is 12.2 Å². The van der Waals surface area contributed by atoms with Gasteiger partial charge < -0.3 is 4.74 Å². The van der Waals surface area contributed by atoms with Crippen molar-refractivity contribution in [2.45, 2.75) is 44.2 Å². The Morgan fingerprint density at radius 1 is 1.47 bits per heavy atom. The van der Waals surface area contributed by atoms with Gasteiger partial charge in [-0.05, 0) is 38.4 Å². The van der Waals surface area contributed by atoms with Crippen LogP contribution in [0.4, 0.5) is 0 Å². The van der Waals surface area contributed by atoms with Gasteiger partial charge >= 0.3 is 0 Å². The second kappa shape index (κ2) is 3.42. The molecule has 5 heteroatoms. The van der Waals surface area contributed by atoms with Crippen LogP contribution in [0.1, 0.15) is 44.0 Å². The van der Waals surface area contributed by atoms with Crippen molar-refractivity contribution in [1.82, 2.24) is 14.8 Å². The predicted molar refractivity (Wildman–Crippen MR) is 58.5 cm³/mol. The molecule has 4 nitrogen and oxygen atoms in total. The minimum absolute atomic E-state index is 0.256. The third kappa shape index (κ3) is 1.54. The molecule has 1 aliphatic heterocycles. The summed E-state index contributed by atoms with van der Waals surface area (Å²) in [6.07, 6.45) is 3.81. The molecule has 1 saturated heterocycles. The van der Waals surface area contributed by atoms with E-state index in [9.17, 15) is 0 Å². The molecule has 1 aliphatic carbocycles. The third-order valence-corrected chi connectivity index (χ3v) is 3.63. The summed E-state index contributed by atoms with van der Waals surface area (Å²) in [7, 11) is 0. The highest BCUT2D eigenvalue weighted by Crippen LogP contribution is 2.41. The summed E-state index contributed by atoms with van der Waals surface area (Å²) in [6, 6.07) is 0.381. The number of nitrogens with one attached hydrogen (secondary N) is 1. The molecule has 0 spiro atoms. The fourth-order valence-corrected chi connectivity index (χ4v) is 2.60. The van der Waals surface area contributed by atoms with Gasteiger partial charge in [0.25, 0.3) is 0 Å². The second-order valence-electron chi connectivity index (χ2n) is 4.46. The summed E-state index contributed by atoms with van der Waals surface area (Å²) in [5.41, 5.74) is 0. The van der Waals surface area contributed by atoms with Crippen LogP contribution in [0, 0.1) is 4.77 Å². The zero-order chi connectivity index (χ0) is 10.4. The summed E-state index contributed by atoms with van der Waals surface area (Å²) < 4.78 is 8.53. The van der Waals surface area contributed by atoms with E-state index < -0.39 is 0 Å². The van der Waals surface area contributed by atoms with Gasteiger partial charge in [-0.15, -0.1) is 0 Å². The molecule has 2 aliphatic rings. The minimum Gasteiger partial charge on any atom is -0.376 e. The van der Waals surface area contributed by atoms with E-state index in [-0.39, 0.29) is 6.10 Å². The lowest BCUT2D eigenvalue weighted by atomic mass is 10.1. The molecule has 1 aromatic rings. The number of H-pyrrole nitrogens is 1. The van der Waals surface area contributed by atoms with Crippen molar-refractivity contribution >= 4 is 12.2 Å². The zero-order valence-corrected chi connectivity index (χ0v) is 9.59. The molecule has 1 N–H and O–H groups in total. The van der Waals surface area contributed by atoms with Gasteiger partial charge in [0.05, 0.1) is 12.1 Å². The summed E-state index contributed by atoms with van der Waals surface area (Å²) in [4.78, 5) is 0. The Morgan fingerprint density at radius 3 is 2.87 bits per heavy atom. The SMILES string of the molecule is CC1OCCC1n1c(C2CC2)n[nH]c1=S. The first-order valence-electron chi connectivity index (χ1n) is 5.56. The average Bonchev–Trinajstić information content (AvgIpc) is 2.88. The Kier molecular flexibility index (Phi) is 2.17. The highest BCUT2D eigenvalue weighted by molar-refractivity contribution is 7.71. The average molecular weight is 225 g/mol. The molecular weight excluding hydrogens is 210 g/mol. The van der Waals surface area contributed by atoms with Gasteiger partial charge in [-0.1, -0.05) is 0 Å². The van der Waals surface area contributed by atoms with Crippen LogP contribution < -0.4 is 0 Å². The predicted octanol–water partition coefficient (Wildman–Crippen LogP) is 2.17. The Balaban J connectivity index is 2.01. The van der Waals surface area contributed by atoms with Gasteiger partial charge in [-0.2, -0.15) is 5.10 Å². The van der Waals surface area contributed by atoms with Crippen molar-refractivity contribution in [3.63, 3.8) is 0 Å². The van der Waals surface area contributed by atoms with Gasteiger partial charge in [0.15, 0.2) is 4.77 Å². The van der Waals surface area contributed by atoms with E-state index in [1.54, 1.807) is 0 Å². The Morgan fingerprint density at radius 2 is 2.27 bits per heavy atom. The number of rotatable bonds is 2. The quantitative estimate of drug-likeness (QED) is 0.784. The van der Waals surface area contributed by atoms with Crippen LogP contribution in [0.25, 0.3) is 0 Å². The van der Waals surface area contributed by atoms with Crippen molar-refractivity contribution < 1.29 is 4.74 Å². The highest BCUT2D eigenvalue weighted by atomic mass is 32.1. The molecule has 2 heterocycles. The summed E-state index contributed by atoms with van der Waals surface area (Å²) >= 11 is 5.30. The van der Waals surface area contributed by atoms with Crippen molar-refractivity contribution in [2.75, 3.05) is 6.61 Å². The van der Waals surface area contributed by atoms with E-state index in [4.69, 9.17) is 17.0 Å². The maximum Gasteiger partial charge on any atom is 0.195 e. The smallest absolute Gasteiger partial charge is 0.195 e. The van der Waals surface area contributed by atoms with Crippen molar-refractivity contribution in [3.05, 3.63) is 10.6 Å². The molecule has 2 unspecified atom stereocenters. The molecule has 0 bridgehead atoms. The van der Waals surface area contributed by atoms with E-state index in [1.807, 2.05) is 0 Å². The summed E-state index contributed by atoms with van der Waals surface area (Å²) in [5, 5.41) is 7.26. The molecular formula is C10H15N3OS. The lowest BCUT2D eigenvalue weighted by molar-refractivity contribution is 0.107. The number of aromatic nitrogens is 3. The van der Waals surface area contributed by atoms with E-state index in [0.717, 1.165) is 23.6 Å². The topological polar surface area (TPSA) is 42.8 Å². The van der Waals surface area contributed by atoms with Gasteiger partial charge in [0, 0.05) is 12.5 Å². The van der Waals surface area contributed by atoms with Gasteiger partial charge in [-0.3, -0.25) is 9.67 Å². The van der Waals surface area contributed by atoms with Crippen LogP contribution in [0.3, 0.4) is 0 Å². The van der Waals surface area contributed by atoms with Crippen LogP contribution in [-0.4, -0.2) is 27.5 Å². The monoisotopic (exact) mass is 225 g/mol. The maximum atomic E-state index is 5.59. The first kappa shape index (κ1) is 9.54. The van der Waals surface area contributed by atoms with E-state index >= 15 is 0 Å². The third-order valence-electron chi connectivity index (χ3n) is 3.34. The zero-order valence-electron chi connectivity index (χ0n) is 8.77. The van der Waals surface area contributed by atoms with Crippen LogP contribution in [0.5, 0.6) is 0 Å². The van der Waals surface area contributed by atoms with Crippen LogP contribution in [0.15, 0.2) is 0 Å². The molecule has 1 aromatic heterocycles. The molecule has 0 amide bonds.